The van der Waals surface area contributed by atoms with Gasteiger partial charge in [0.2, 0.25) is 5.82 Å². The number of carboxylic acid groups (broad SMARTS) is 1. The molecule has 0 bridgehead atoms. The Hall–Kier alpha value is -1.15. The highest BCUT2D eigenvalue weighted by atomic mass is 32.2. The molecule has 0 unspecified atom stereocenters. The summed E-state index contributed by atoms with van der Waals surface area (Å²) in [7, 11) is 3.67. The molecule has 0 aromatic carbocycles. The van der Waals surface area contributed by atoms with Crippen LogP contribution in [0.1, 0.15) is 30.4 Å². The number of carbonyl (C=O) groups is 1. The third-order valence-corrected chi connectivity index (χ3v) is 3.83. The minimum atomic E-state index is -1.07. The summed E-state index contributed by atoms with van der Waals surface area (Å²) >= 11 is 6.42. The van der Waals surface area contributed by atoms with Gasteiger partial charge in [0.25, 0.3) is 0 Å². The van der Waals surface area contributed by atoms with E-state index in [-0.39, 0.29) is 5.82 Å². The van der Waals surface area contributed by atoms with Crippen molar-refractivity contribution < 1.29 is 9.90 Å². The molecule has 0 aliphatic carbocycles. The number of hydrogen-bond acceptors (Lipinski definition) is 5. The Kier molecular flexibility index (Phi) is 5.54. The van der Waals surface area contributed by atoms with E-state index in [9.17, 15) is 4.79 Å². The number of aromatic nitrogens is 3. The highest BCUT2D eigenvalue weighted by Crippen LogP contribution is 2.20. The third-order valence-electron chi connectivity index (χ3n) is 2.19. The van der Waals surface area contributed by atoms with Crippen molar-refractivity contribution in [3.05, 3.63) is 5.82 Å². The lowest BCUT2D eigenvalue weighted by Crippen LogP contribution is -2.17. The van der Waals surface area contributed by atoms with Crippen LogP contribution in [0.25, 0.3) is 0 Å². The van der Waals surface area contributed by atoms with Crippen LogP contribution in [0.3, 0.4) is 0 Å². The third kappa shape index (κ3) is 3.67. The van der Waals surface area contributed by atoms with Crippen molar-refractivity contribution in [2.75, 3.05) is 14.1 Å². The van der Waals surface area contributed by atoms with Crippen molar-refractivity contribution >= 4 is 34.3 Å². The SMILES string of the molecule is CCCCn1c(SC(=S)N(C)C)nnc1C(=O)O. The van der Waals surface area contributed by atoms with Crippen molar-refractivity contribution in [2.45, 2.75) is 31.5 Å². The molecule has 0 saturated carbocycles. The van der Waals surface area contributed by atoms with Crippen molar-refractivity contribution in [3.8, 4) is 0 Å². The summed E-state index contributed by atoms with van der Waals surface area (Å²) in [6.07, 6.45) is 1.85. The molecular formula is C10H16N4O2S2. The molecule has 1 aromatic heterocycles. The Morgan fingerprint density at radius 2 is 2.17 bits per heavy atom. The van der Waals surface area contributed by atoms with Gasteiger partial charge in [-0.3, -0.25) is 4.57 Å². The van der Waals surface area contributed by atoms with Crippen molar-refractivity contribution in [1.82, 2.24) is 19.7 Å². The average molecular weight is 288 g/mol. The summed E-state index contributed by atoms with van der Waals surface area (Å²) in [5, 5.41) is 17.2. The van der Waals surface area contributed by atoms with E-state index in [2.05, 4.69) is 10.2 Å². The van der Waals surface area contributed by atoms with Gasteiger partial charge in [0.1, 0.15) is 4.32 Å². The number of nitrogens with zero attached hydrogens (tertiary/aromatic N) is 4. The lowest BCUT2D eigenvalue weighted by Gasteiger charge is -2.13. The molecule has 100 valence electrons. The number of unbranched alkanes of at least 4 members (excludes halogenated alkanes) is 1. The van der Waals surface area contributed by atoms with Crippen LogP contribution in [0.2, 0.25) is 0 Å². The van der Waals surface area contributed by atoms with Crippen LogP contribution in [0.15, 0.2) is 5.16 Å². The molecule has 1 rings (SSSR count). The van der Waals surface area contributed by atoms with E-state index in [1.807, 2.05) is 21.0 Å². The zero-order chi connectivity index (χ0) is 13.7. The van der Waals surface area contributed by atoms with Gasteiger partial charge in [0.05, 0.1) is 0 Å². The number of thioether (sulfide) groups is 1. The summed E-state index contributed by atoms with van der Waals surface area (Å²) < 4.78 is 2.23. The number of aromatic carboxylic acids is 1. The molecule has 0 spiro atoms. The summed E-state index contributed by atoms with van der Waals surface area (Å²) in [5.41, 5.74) is 0. The van der Waals surface area contributed by atoms with Crippen molar-refractivity contribution in [3.63, 3.8) is 0 Å². The van der Waals surface area contributed by atoms with Gasteiger partial charge < -0.3 is 10.0 Å². The minimum Gasteiger partial charge on any atom is -0.475 e. The van der Waals surface area contributed by atoms with Gasteiger partial charge in [-0.05, 0) is 18.2 Å². The van der Waals surface area contributed by atoms with Crippen LogP contribution in [0, 0.1) is 0 Å². The van der Waals surface area contributed by atoms with E-state index in [0.717, 1.165) is 12.8 Å². The van der Waals surface area contributed by atoms with Crippen LogP contribution in [-0.2, 0) is 6.54 Å². The van der Waals surface area contributed by atoms with Gasteiger partial charge in [-0.15, -0.1) is 10.2 Å². The summed E-state index contributed by atoms with van der Waals surface area (Å²) in [5.74, 6) is -1.10. The minimum absolute atomic E-state index is 0.0347. The number of thiocarbonyl (C=S) groups is 1. The van der Waals surface area contributed by atoms with Gasteiger partial charge in [-0.25, -0.2) is 4.79 Å². The fourth-order valence-corrected chi connectivity index (χ4v) is 2.14. The topological polar surface area (TPSA) is 71.2 Å². The molecule has 0 amide bonds. The monoisotopic (exact) mass is 288 g/mol. The average Bonchev–Trinajstić information content (AvgIpc) is 2.69. The van der Waals surface area contributed by atoms with E-state index < -0.39 is 5.97 Å². The molecule has 1 heterocycles. The molecule has 18 heavy (non-hydrogen) atoms. The zero-order valence-electron chi connectivity index (χ0n) is 10.6. The first kappa shape index (κ1) is 14.9. The van der Waals surface area contributed by atoms with E-state index in [1.54, 1.807) is 9.47 Å². The Balaban J connectivity index is 2.96. The summed E-state index contributed by atoms with van der Waals surface area (Å²) in [6, 6.07) is 0. The van der Waals surface area contributed by atoms with Crippen LogP contribution in [0.5, 0.6) is 0 Å². The second-order valence-corrected chi connectivity index (χ2v) is 5.48. The molecule has 0 aliphatic heterocycles. The van der Waals surface area contributed by atoms with Gasteiger partial charge in [0.15, 0.2) is 5.16 Å². The van der Waals surface area contributed by atoms with Crippen LogP contribution in [-0.4, -0.2) is 49.2 Å². The van der Waals surface area contributed by atoms with Crippen LogP contribution in [0.4, 0.5) is 0 Å². The molecule has 0 aliphatic rings. The molecule has 6 nitrogen and oxygen atoms in total. The van der Waals surface area contributed by atoms with Crippen molar-refractivity contribution in [2.24, 2.45) is 0 Å². The van der Waals surface area contributed by atoms with Crippen LogP contribution < -0.4 is 0 Å². The molecule has 8 heteroatoms. The zero-order valence-corrected chi connectivity index (χ0v) is 12.2. The predicted octanol–water partition coefficient (Wildman–Crippen LogP) is 1.72. The molecule has 1 N–H and O–H groups in total. The molecule has 0 atom stereocenters. The standard InChI is InChI=1S/C10H16N4O2S2/c1-4-5-6-14-7(8(15)16)11-12-9(14)18-10(17)13(2)3/h4-6H2,1-3H3,(H,15,16). The Morgan fingerprint density at radius 1 is 1.50 bits per heavy atom. The predicted molar refractivity (Wildman–Crippen MR) is 74.0 cm³/mol. The maximum atomic E-state index is 11.0. The van der Waals surface area contributed by atoms with Gasteiger partial charge in [-0.2, -0.15) is 0 Å². The molecular weight excluding hydrogens is 272 g/mol. The number of rotatable bonds is 5. The fraction of sp³-hybridized carbons (Fsp3) is 0.600. The lowest BCUT2D eigenvalue weighted by atomic mass is 10.3. The number of carboxylic acids is 1. The Labute approximate surface area is 115 Å². The molecule has 0 saturated heterocycles. The molecule has 0 radical (unpaired) electrons. The maximum Gasteiger partial charge on any atom is 0.374 e. The van der Waals surface area contributed by atoms with Crippen LogP contribution >= 0.6 is 24.0 Å². The highest BCUT2D eigenvalue weighted by molar-refractivity contribution is 8.22. The van der Waals surface area contributed by atoms with E-state index in [0.29, 0.717) is 16.0 Å². The van der Waals surface area contributed by atoms with Gasteiger partial charge in [0, 0.05) is 20.6 Å². The lowest BCUT2D eigenvalue weighted by molar-refractivity contribution is 0.0676. The van der Waals surface area contributed by atoms with E-state index in [4.69, 9.17) is 17.3 Å². The van der Waals surface area contributed by atoms with E-state index >= 15 is 0 Å². The summed E-state index contributed by atoms with van der Waals surface area (Å²) in [6.45, 7) is 2.63. The Morgan fingerprint density at radius 3 is 2.67 bits per heavy atom. The normalized spacial score (nSPS) is 10.4. The smallest absolute Gasteiger partial charge is 0.374 e. The van der Waals surface area contributed by atoms with E-state index in [1.165, 1.54) is 11.8 Å². The first-order valence-electron chi connectivity index (χ1n) is 5.53. The number of hydrogen-bond donors (Lipinski definition) is 1. The molecule has 0 fully saturated rings. The maximum absolute atomic E-state index is 11.0. The first-order valence-corrected chi connectivity index (χ1v) is 6.75. The van der Waals surface area contributed by atoms with Gasteiger partial charge >= 0.3 is 5.97 Å². The van der Waals surface area contributed by atoms with Crippen molar-refractivity contribution in [1.29, 1.82) is 0 Å². The quantitative estimate of drug-likeness (QED) is 0.653. The Bertz CT molecular complexity index is 445. The highest BCUT2D eigenvalue weighted by Gasteiger charge is 2.19. The van der Waals surface area contributed by atoms with Gasteiger partial charge in [-0.1, -0.05) is 25.6 Å². The first-order chi connectivity index (χ1) is 8.47. The largest absolute Gasteiger partial charge is 0.475 e. The molecule has 1 aromatic rings. The second kappa shape index (κ2) is 6.69. The second-order valence-electron chi connectivity index (χ2n) is 3.88. The fourth-order valence-electron chi connectivity index (χ4n) is 1.21. The summed E-state index contributed by atoms with van der Waals surface area (Å²) in [4.78, 5) is 12.8.